The highest BCUT2D eigenvalue weighted by atomic mass is 35.5. The SMILES string of the molecule is C=N/C(Cl)=C(\SC)C(=O)NC(C)(CC)C1CC1. The van der Waals surface area contributed by atoms with Crippen LogP contribution in [0, 0.1) is 5.92 Å². The maximum atomic E-state index is 12.1. The number of thioether (sulfide) groups is 1. The molecule has 0 aliphatic heterocycles. The van der Waals surface area contributed by atoms with Crippen LogP contribution in [0.5, 0.6) is 0 Å². The Morgan fingerprint density at radius 2 is 2.24 bits per heavy atom. The Morgan fingerprint density at radius 3 is 2.59 bits per heavy atom. The predicted molar refractivity (Wildman–Crippen MR) is 75.5 cm³/mol. The van der Waals surface area contributed by atoms with E-state index in [0.717, 1.165) is 6.42 Å². The van der Waals surface area contributed by atoms with Gasteiger partial charge in [0.15, 0.2) is 0 Å². The first-order valence-electron chi connectivity index (χ1n) is 5.71. The summed E-state index contributed by atoms with van der Waals surface area (Å²) in [5.41, 5.74) is -0.129. The summed E-state index contributed by atoms with van der Waals surface area (Å²) in [7, 11) is 0. The third-order valence-electron chi connectivity index (χ3n) is 3.35. The number of hydrogen-bond donors (Lipinski definition) is 1. The van der Waals surface area contributed by atoms with Gasteiger partial charge < -0.3 is 5.32 Å². The molecule has 0 aromatic rings. The third-order valence-corrected chi connectivity index (χ3v) is 4.56. The van der Waals surface area contributed by atoms with Crippen LogP contribution in [-0.4, -0.2) is 24.4 Å². The molecule has 1 aliphatic rings. The van der Waals surface area contributed by atoms with Crippen LogP contribution in [0.3, 0.4) is 0 Å². The smallest absolute Gasteiger partial charge is 0.261 e. The number of amides is 1. The number of carbonyl (C=O) groups is 1. The highest BCUT2D eigenvalue weighted by Crippen LogP contribution is 2.41. The van der Waals surface area contributed by atoms with Crippen LogP contribution in [0.1, 0.15) is 33.1 Å². The van der Waals surface area contributed by atoms with Crippen molar-refractivity contribution >= 4 is 36.0 Å². The number of halogens is 1. The van der Waals surface area contributed by atoms with Crippen LogP contribution >= 0.6 is 23.4 Å². The number of aliphatic imine (C=N–C) groups is 1. The Hall–Kier alpha value is -0.480. The molecule has 0 spiro atoms. The Labute approximate surface area is 112 Å². The average molecular weight is 275 g/mol. The van der Waals surface area contributed by atoms with Gasteiger partial charge in [-0.2, -0.15) is 0 Å². The lowest BCUT2D eigenvalue weighted by Gasteiger charge is -2.30. The zero-order valence-corrected chi connectivity index (χ0v) is 12.1. The van der Waals surface area contributed by atoms with E-state index < -0.39 is 0 Å². The van der Waals surface area contributed by atoms with Gasteiger partial charge in [0.05, 0.1) is 0 Å². The van der Waals surface area contributed by atoms with E-state index in [9.17, 15) is 4.79 Å². The van der Waals surface area contributed by atoms with E-state index in [1.165, 1.54) is 24.6 Å². The minimum absolute atomic E-state index is 0.129. The Kier molecular flexibility index (Phi) is 5.07. The van der Waals surface area contributed by atoms with Gasteiger partial charge in [-0.25, -0.2) is 0 Å². The zero-order valence-electron chi connectivity index (χ0n) is 10.5. The molecular formula is C12H19ClN2OS. The van der Waals surface area contributed by atoms with E-state index in [2.05, 4.69) is 30.9 Å². The quantitative estimate of drug-likeness (QED) is 0.459. The van der Waals surface area contributed by atoms with Crippen LogP contribution in [0.2, 0.25) is 0 Å². The largest absolute Gasteiger partial charge is 0.346 e. The minimum atomic E-state index is -0.147. The molecule has 17 heavy (non-hydrogen) atoms. The van der Waals surface area contributed by atoms with Crippen LogP contribution in [-0.2, 0) is 4.79 Å². The molecule has 1 N–H and O–H groups in total. The minimum Gasteiger partial charge on any atom is -0.346 e. The second-order valence-corrected chi connectivity index (χ2v) is 5.66. The second kappa shape index (κ2) is 5.91. The van der Waals surface area contributed by atoms with Gasteiger partial charge in [0.25, 0.3) is 5.91 Å². The first kappa shape index (κ1) is 14.6. The van der Waals surface area contributed by atoms with Crippen molar-refractivity contribution in [2.45, 2.75) is 38.6 Å². The normalized spacial score (nSPS) is 20.2. The molecule has 1 atom stereocenters. The van der Waals surface area contributed by atoms with Crippen molar-refractivity contribution in [2.75, 3.05) is 6.26 Å². The van der Waals surface area contributed by atoms with Crippen LogP contribution in [0.25, 0.3) is 0 Å². The van der Waals surface area contributed by atoms with Crippen molar-refractivity contribution in [3.05, 3.63) is 10.1 Å². The summed E-state index contributed by atoms with van der Waals surface area (Å²) in [6, 6.07) is 0. The van der Waals surface area contributed by atoms with Crippen molar-refractivity contribution in [1.29, 1.82) is 0 Å². The summed E-state index contributed by atoms with van der Waals surface area (Å²) < 4.78 is 0. The van der Waals surface area contributed by atoms with Gasteiger partial charge in [0, 0.05) is 5.54 Å². The molecule has 0 saturated heterocycles. The van der Waals surface area contributed by atoms with Gasteiger partial charge in [-0.05, 0) is 45.1 Å². The number of hydrogen-bond acceptors (Lipinski definition) is 3. The molecule has 1 saturated carbocycles. The molecule has 0 radical (unpaired) electrons. The topological polar surface area (TPSA) is 41.5 Å². The average Bonchev–Trinajstić information content (AvgIpc) is 3.13. The van der Waals surface area contributed by atoms with Gasteiger partial charge in [0.2, 0.25) is 0 Å². The van der Waals surface area contributed by atoms with E-state index in [1.54, 1.807) is 0 Å². The first-order valence-corrected chi connectivity index (χ1v) is 7.31. The maximum absolute atomic E-state index is 12.1. The molecular weight excluding hydrogens is 256 g/mol. The summed E-state index contributed by atoms with van der Waals surface area (Å²) in [4.78, 5) is 16.2. The molecule has 0 aromatic carbocycles. The van der Waals surface area contributed by atoms with Crippen molar-refractivity contribution in [3.8, 4) is 0 Å². The lowest BCUT2D eigenvalue weighted by atomic mass is 9.92. The van der Waals surface area contributed by atoms with E-state index in [-0.39, 0.29) is 16.6 Å². The maximum Gasteiger partial charge on any atom is 0.261 e. The highest BCUT2D eigenvalue weighted by molar-refractivity contribution is 8.03. The number of nitrogens with zero attached hydrogens (tertiary/aromatic N) is 1. The molecule has 96 valence electrons. The Morgan fingerprint density at radius 1 is 1.65 bits per heavy atom. The zero-order chi connectivity index (χ0) is 13.1. The second-order valence-electron chi connectivity index (χ2n) is 4.48. The van der Waals surface area contributed by atoms with E-state index >= 15 is 0 Å². The fourth-order valence-electron chi connectivity index (χ4n) is 1.86. The van der Waals surface area contributed by atoms with Gasteiger partial charge in [-0.3, -0.25) is 9.79 Å². The number of rotatable bonds is 6. The van der Waals surface area contributed by atoms with Gasteiger partial charge >= 0.3 is 0 Å². The molecule has 1 fully saturated rings. The van der Waals surface area contributed by atoms with Gasteiger partial charge in [-0.15, -0.1) is 11.8 Å². The predicted octanol–water partition coefficient (Wildman–Crippen LogP) is 3.15. The molecule has 0 heterocycles. The molecule has 5 heteroatoms. The van der Waals surface area contributed by atoms with Crippen molar-refractivity contribution in [3.63, 3.8) is 0 Å². The van der Waals surface area contributed by atoms with Crippen molar-refractivity contribution in [1.82, 2.24) is 5.32 Å². The lowest BCUT2D eigenvalue weighted by Crippen LogP contribution is -2.47. The highest BCUT2D eigenvalue weighted by Gasteiger charge is 2.41. The molecule has 0 aromatic heterocycles. The molecule has 3 nitrogen and oxygen atoms in total. The number of carbonyl (C=O) groups excluding carboxylic acids is 1. The summed E-state index contributed by atoms with van der Waals surface area (Å²) in [5, 5.41) is 3.25. The fraction of sp³-hybridized carbons (Fsp3) is 0.667. The molecule has 1 unspecified atom stereocenters. The summed E-state index contributed by atoms with van der Waals surface area (Å²) in [6.07, 6.45) is 5.11. The van der Waals surface area contributed by atoms with Crippen LogP contribution < -0.4 is 5.32 Å². The van der Waals surface area contributed by atoms with Crippen LogP contribution in [0.4, 0.5) is 0 Å². The van der Waals surface area contributed by atoms with E-state index in [4.69, 9.17) is 11.6 Å². The Balaban J connectivity index is 2.79. The number of nitrogens with one attached hydrogen (secondary N) is 1. The summed E-state index contributed by atoms with van der Waals surface area (Å²) in [5.74, 6) is 0.446. The van der Waals surface area contributed by atoms with E-state index in [0.29, 0.717) is 10.8 Å². The summed E-state index contributed by atoms with van der Waals surface area (Å²) in [6.45, 7) is 7.53. The molecule has 1 amide bonds. The standard InChI is InChI=1S/C12H19ClN2OS/c1-5-12(2,8-6-7-8)15-11(16)9(17-4)10(13)14-3/h8H,3,5-7H2,1-2,4H3,(H,15,16)/b10-9-. The summed E-state index contributed by atoms with van der Waals surface area (Å²) >= 11 is 7.16. The monoisotopic (exact) mass is 274 g/mol. The molecule has 0 bridgehead atoms. The fourth-order valence-corrected chi connectivity index (χ4v) is 2.64. The third kappa shape index (κ3) is 3.49. The molecule has 1 aliphatic carbocycles. The van der Waals surface area contributed by atoms with Crippen molar-refractivity contribution in [2.24, 2.45) is 10.9 Å². The molecule has 1 rings (SSSR count). The van der Waals surface area contributed by atoms with E-state index in [1.807, 2.05) is 6.26 Å². The lowest BCUT2D eigenvalue weighted by molar-refractivity contribution is -0.118. The Bertz CT molecular complexity index is 352. The van der Waals surface area contributed by atoms with Gasteiger partial charge in [-0.1, -0.05) is 18.5 Å². The first-order chi connectivity index (χ1) is 7.98. The van der Waals surface area contributed by atoms with Gasteiger partial charge in [0.1, 0.15) is 10.1 Å². The van der Waals surface area contributed by atoms with Crippen LogP contribution in [0.15, 0.2) is 15.1 Å². The van der Waals surface area contributed by atoms with Crippen molar-refractivity contribution < 1.29 is 4.79 Å².